The summed E-state index contributed by atoms with van der Waals surface area (Å²) in [5.41, 5.74) is 5.97. The Labute approximate surface area is 116 Å². The molecule has 0 unspecified atom stereocenters. The molecule has 0 aliphatic heterocycles. The van der Waals surface area contributed by atoms with Gasteiger partial charge < -0.3 is 15.6 Å². The molecule has 0 spiro atoms. The minimum atomic E-state index is -0.433. The van der Waals surface area contributed by atoms with Crippen molar-refractivity contribution in [3.8, 4) is 11.6 Å². The van der Waals surface area contributed by atoms with Gasteiger partial charge in [0.15, 0.2) is 0 Å². The number of hydrogen-bond donors (Lipinski definition) is 3. The highest BCUT2D eigenvalue weighted by Gasteiger charge is 2.10. The van der Waals surface area contributed by atoms with E-state index in [1.807, 2.05) is 38.1 Å². The fourth-order valence-electron chi connectivity index (χ4n) is 1.82. The van der Waals surface area contributed by atoms with Crippen molar-refractivity contribution in [1.82, 2.24) is 9.97 Å². The normalized spacial score (nSPS) is 10.8. The van der Waals surface area contributed by atoms with Crippen LogP contribution >= 0.6 is 0 Å². The zero-order valence-electron chi connectivity index (χ0n) is 11.4. The lowest BCUT2D eigenvalue weighted by molar-refractivity contribution is 0.242. The standard InChI is InChI=1S/C14H17N3O3/c1-8(2)20-10-5-3-9(4-6-10)7-11-12(18)16-14(15)17-13(11)19/h3-6,8H,7H2,1-2H3,(H4,15,16,17,18,19). The monoisotopic (exact) mass is 275 g/mol. The molecule has 20 heavy (non-hydrogen) atoms. The fourth-order valence-corrected chi connectivity index (χ4v) is 1.82. The van der Waals surface area contributed by atoms with Gasteiger partial charge >= 0.3 is 0 Å². The summed E-state index contributed by atoms with van der Waals surface area (Å²) in [4.78, 5) is 17.7. The molecule has 6 heteroatoms. The highest BCUT2D eigenvalue weighted by Crippen LogP contribution is 2.18. The van der Waals surface area contributed by atoms with Crippen LogP contribution in [0.25, 0.3) is 0 Å². The Morgan fingerprint density at radius 2 is 2.00 bits per heavy atom. The van der Waals surface area contributed by atoms with Crippen LogP contribution in [0.3, 0.4) is 0 Å². The molecule has 1 aromatic heterocycles. The van der Waals surface area contributed by atoms with Crippen LogP contribution in [-0.2, 0) is 6.42 Å². The molecule has 0 aliphatic carbocycles. The van der Waals surface area contributed by atoms with Crippen molar-refractivity contribution in [2.24, 2.45) is 0 Å². The Morgan fingerprint density at radius 1 is 1.35 bits per heavy atom. The first kappa shape index (κ1) is 13.9. The molecule has 0 aliphatic rings. The van der Waals surface area contributed by atoms with E-state index in [-0.39, 0.29) is 29.9 Å². The molecule has 0 saturated carbocycles. The molecule has 0 amide bonds. The van der Waals surface area contributed by atoms with E-state index < -0.39 is 5.56 Å². The van der Waals surface area contributed by atoms with Crippen molar-refractivity contribution >= 4 is 5.95 Å². The number of nitrogens with zero attached hydrogens (tertiary/aromatic N) is 1. The van der Waals surface area contributed by atoms with Crippen molar-refractivity contribution in [3.63, 3.8) is 0 Å². The molecule has 0 atom stereocenters. The smallest absolute Gasteiger partial charge is 0.259 e. The predicted molar refractivity (Wildman–Crippen MR) is 75.9 cm³/mol. The fraction of sp³-hybridized carbons (Fsp3) is 0.286. The second-order valence-corrected chi connectivity index (χ2v) is 4.74. The summed E-state index contributed by atoms with van der Waals surface area (Å²) in [6.07, 6.45) is 0.380. The molecule has 6 nitrogen and oxygen atoms in total. The molecule has 1 aromatic carbocycles. The molecule has 2 rings (SSSR count). The third-order valence-corrected chi connectivity index (χ3v) is 2.69. The number of aromatic hydroxyl groups is 1. The van der Waals surface area contributed by atoms with Gasteiger partial charge in [-0.1, -0.05) is 12.1 Å². The van der Waals surface area contributed by atoms with Crippen molar-refractivity contribution < 1.29 is 9.84 Å². The molecule has 0 fully saturated rings. The Kier molecular flexibility index (Phi) is 3.93. The van der Waals surface area contributed by atoms with Crippen LogP contribution in [0.1, 0.15) is 25.0 Å². The molecular weight excluding hydrogens is 258 g/mol. The third kappa shape index (κ3) is 3.28. The summed E-state index contributed by atoms with van der Waals surface area (Å²) in [7, 11) is 0. The third-order valence-electron chi connectivity index (χ3n) is 2.69. The van der Waals surface area contributed by atoms with Crippen LogP contribution < -0.4 is 16.0 Å². The second kappa shape index (κ2) is 5.64. The zero-order chi connectivity index (χ0) is 14.7. The van der Waals surface area contributed by atoms with Gasteiger partial charge in [-0.15, -0.1) is 0 Å². The van der Waals surface area contributed by atoms with Crippen LogP contribution in [0, 0.1) is 0 Å². The van der Waals surface area contributed by atoms with Gasteiger partial charge in [0.1, 0.15) is 5.75 Å². The molecule has 0 radical (unpaired) electrons. The summed E-state index contributed by atoms with van der Waals surface area (Å²) < 4.78 is 5.54. The summed E-state index contributed by atoms with van der Waals surface area (Å²) >= 11 is 0. The van der Waals surface area contributed by atoms with Crippen molar-refractivity contribution in [1.29, 1.82) is 0 Å². The van der Waals surface area contributed by atoms with Gasteiger partial charge in [0.25, 0.3) is 5.56 Å². The van der Waals surface area contributed by atoms with Gasteiger partial charge in [0.2, 0.25) is 11.8 Å². The first-order chi connectivity index (χ1) is 9.45. The average molecular weight is 275 g/mol. The molecule has 0 saturated heterocycles. The number of anilines is 1. The minimum absolute atomic E-state index is 0.100. The molecule has 0 bridgehead atoms. The van der Waals surface area contributed by atoms with Crippen LogP contribution in [0.5, 0.6) is 11.6 Å². The van der Waals surface area contributed by atoms with Gasteiger partial charge in [-0.25, -0.2) is 0 Å². The van der Waals surface area contributed by atoms with E-state index in [2.05, 4.69) is 9.97 Å². The lowest BCUT2D eigenvalue weighted by atomic mass is 10.1. The number of rotatable bonds is 4. The second-order valence-electron chi connectivity index (χ2n) is 4.74. The van der Waals surface area contributed by atoms with E-state index in [0.29, 0.717) is 0 Å². The lowest BCUT2D eigenvalue weighted by Gasteiger charge is -2.10. The van der Waals surface area contributed by atoms with Gasteiger partial charge in [0, 0.05) is 6.42 Å². The number of hydrogen-bond acceptors (Lipinski definition) is 5. The van der Waals surface area contributed by atoms with Crippen LogP contribution in [-0.4, -0.2) is 21.2 Å². The summed E-state index contributed by atoms with van der Waals surface area (Å²) in [6, 6.07) is 7.33. The highest BCUT2D eigenvalue weighted by atomic mass is 16.5. The van der Waals surface area contributed by atoms with Crippen molar-refractivity contribution in [2.45, 2.75) is 26.4 Å². The van der Waals surface area contributed by atoms with Crippen molar-refractivity contribution in [2.75, 3.05) is 5.73 Å². The van der Waals surface area contributed by atoms with E-state index in [4.69, 9.17) is 10.5 Å². The van der Waals surface area contributed by atoms with E-state index in [1.54, 1.807) is 0 Å². The Morgan fingerprint density at radius 3 is 2.55 bits per heavy atom. The minimum Gasteiger partial charge on any atom is -0.493 e. The molecule has 4 N–H and O–H groups in total. The number of benzene rings is 1. The topological polar surface area (TPSA) is 101 Å². The quantitative estimate of drug-likeness (QED) is 0.783. The number of nitrogens with one attached hydrogen (secondary N) is 1. The molecule has 106 valence electrons. The predicted octanol–water partition coefficient (Wildman–Crippen LogP) is 1.44. The van der Waals surface area contributed by atoms with Crippen LogP contribution in [0.15, 0.2) is 29.1 Å². The molecule has 2 aromatic rings. The van der Waals surface area contributed by atoms with Crippen molar-refractivity contribution in [3.05, 3.63) is 45.7 Å². The van der Waals surface area contributed by atoms with E-state index in [9.17, 15) is 9.90 Å². The lowest BCUT2D eigenvalue weighted by Crippen LogP contribution is -2.16. The number of nitrogen functional groups attached to an aromatic ring is 1. The highest BCUT2D eigenvalue weighted by molar-refractivity contribution is 5.35. The van der Waals surface area contributed by atoms with Gasteiger partial charge in [-0.05, 0) is 31.5 Å². The molecule has 1 heterocycles. The number of nitrogens with two attached hydrogens (primary N) is 1. The number of ether oxygens (including phenoxy) is 1. The number of aromatic amines is 1. The maximum Gasteiger partial charge on any atom is 0.259 e. The SMILES string of the molecule is CC(C)Oc1ccc(Cc2c(O)nc(N)[nH]c2=O)cc1. The first-order valence-electron chi connectivity index (χ1n) is 6.29. The Hall–Kier alpha value is -2.50. The number of aromatic nitrogens is 2. The average Bonchev–Trinajstić information content (AvgIpc) is 2.35. The van der Waals surface area contributed by atoms with E-state index in [0.717, 1.165) is 11.3 Å². The van der Waals surface area contributed by atoms with E-state index in [1.165, 1.54) is 0 Å². The summed E-state index contributed by atoms with van der Waals surface area (Å²) in [6.45, 7) is 3.90. The number of H-pyrrole nitrogens is 1. The Balaban J connectivity index is 2.20. The largest absolute Gasteiger partial charge is 0.493 e. The van der Waals surface area contributed by atoms with Gasteiger partial charge in [0.05, 0.1) is 11.7 Å². The van der Waals surface area contributed by atoms with E-state index >= 15 is 0 Å². The van der Waals surface area contributed by atoms with Crippen LogP contribution in [0.2, 0.25) is 0 Å². The zero-order valence-corrected chi connectivity index (χ0v) is 11.4. The summed E-state index contributed by atoms with van der Waals surface area (Å²) in [5.74, 6) is 0.322. The Bertz CT molecular complexity index is 648. The molecular formula is C14H17N3O3. The van der Waals surface area contributed by atoms with Crippen LogP contribution in [0.4, 0.5) is 5.95 Å². The first-order valence-corrected chi connectivity index (χ1v) is 6.29. The maximum atomic E-state index is 11.7. The summed E-state index contributed by atoms with van der Waals surface area (Å²) in [5, 5.41) is 9.67. The van der Waals surface area contributed by atoms with Gasteiger partial charge in [-0.2, -0.15) is 4.98 Å². The van der Waals surface area contributed by atoms with Gasteiger partial charge in [-0.3, -0.25) is 9.78 Å². The maximum absolute atomic E-state index is 11.7.